The van der Waals surface area contributed by atoms with Crippen molar-refractivity contribution in [2.75, 3.05) is 0 Å². The lowest BCUT2D eigenvalue weighted by molar-refractivity contribution is 0.0325. The number of aliphatic hydroxyl groups excluding tert-OH is 1. The Morgan fingerprint density at radius 1 is 1.05 bits per heavy atom. The van der Waals surface area contributed by atoms with Crippen LogP contribution in [0.25, 0.3) is 0 Å². The molecule has 4 heteroatoms. The maximum absolute atomic E-state index is 12.3. The first-order valence-electron chi connectivity index (χ1n) is 6.73. The molecule has 1 fully saturated rings. The van der Waals surface area contributed by atoms with Crippen molar-refractivity contribution in [1.29, 1.82) is 0 Å². The summed E-state index contributed by atoms with van der Waals surface area (Å²) < 4.78 is 0. The predicted molar refractivity (Wildman–Crippen MR) is 69.8 cm³/mol. The zero-order chi connectivity index (χ0) is 13.6. The highest BCUT2D eigenvalue weighted by molar-refractivity contribution is 6.21. The minimum atomic E-state index is -0.418. The van der Waals surface area contributed by atoms with Crippen LogP contribution >= 0.6 is 0 Å². The maximum atomic E-state index is 12.3. The Hall–Kier alpha value is -1.68. The number of aliphatic hydroxyl groups is 1. The van der Waals surface area contributed by atoms with Gasteiger partial charge >= 0.3 is 0 Å². The second-order valence-corrected chi connectivity index (χ2v) is 5.65. The fourth-order valence-electron chi connectivity index (χ4n) is 3.28. The second kappa shape index (κ2) is 4.46. The SMILES string of the molecule is CC1CC(O)CC(N2C(=O)c3ccccc3C2=O)C1. The molecule has 3 atom stereocenters. The lowest BCUT2D eigenvalue weighted by atomic mass is 9.84. The van der Waals surface area contributed by atoms with Crippen molar-refractivity contribution in [1.82, 2.24) is 4.90 Å². The van der Waals surface area contributed by atoms with Crippen LogP contribution in [-0.4, -0.2) is 34.0 Å². The molecule has 19 heavy (non-hydrogen) atoms. The third kappa shape index (κ3) is 1.96. The molecule has 0 saturated heterocycles. The Morgan fingerprint density at radius 2 is 1.63 bits per heavy atom. The van der Waals surface area contributed by atoms with Crippen LogP contribution in [0, 0.1) is 5.92 Å². The smallest absolute Gasteiger partial charge is 0.261 e. The number of carbonyl (C=O) groups excluding carboxylic acids is 2. The Balaban J connectivity index is 1.91. The summed E-state index contributed by atoms with van der Waals surface area (Å²) in [5.74, 6) is -0.100. The molecular weight excluding hydrogens is 242 g/mol. The van der Waals surface area contributed by atoms with E-state index in [1.807, 2.05) is 6.92 Å². The van der Waals surface area contributed by atoms with E-state index in [1.165, 1.54) is 4.90 Å². The first-order valence-corrected chi connectivity index (χ1v) is 6.73. The molecule has 0 spiro atoms. The molecule has 1 aromatic rings. The molecule has 1 aliphatic carbocycles. The molecule has 100 valence electrons. The number of amides is 2. The normalized spacial score (nSPS) is 30.6. The summed E-state index contributed by atoms with van der Waals surface area (Å²) >= 11 is 0. The van der Waals surface area contributed by atoms with E-state index in [9.17, 15) is 14.7 Å². The third-order valence-corrected chi connectivity index (χ3v) is 4.08. The van der Waals surface area contributed by atoms with Crippen LogP contribution in [0.15, 0.2) is 24.3 Å². The number of imide groups is 1. The lowest BCUT2D eigenvalue weighted by Gasteiger charge is -2.35. The molecule has 2 amide bonds. The van der Waals surface area contributed by atoms with Crippen LogP contribution in [0.2, 0.25) is 0 Å². The van der Waals surface area contributed by atoms with E-state index in [-0.39, 0.29) is 17.9 Å². The molecule has 1 aromatic carbocycles. The largest absolute Gasteiger partial charge is 0.393 e. The molecule has 0 aromatic heterocycles. The summed E-state index contributed by atoms with van der Waals surface area (Å²) in [4.78, 5) is 26.0. The highest BCUT2D eigenvalue weighted by atomic mass is 16.3. The Kier molecular flexibility index (Phi) is 2.90. The zero-order valence-electron chi connectivity index (χ0n) is 10.9. The van der Waals surface area contributed by atoms with E-state index in [0.29, 0.717) is 23.5 Å². The van der Waals surface area contributed by atoms with E-state index < -0.39 is 6.10 Å². The monoisotopic (exact) mass is 259 g/mol. The average molecular weight is 259 g/mol. The standard InChI is InChI=1S/C15H17NO3/c1-9-6-10(8-11(17)7-9)16-14(18)12-4-2-3-5-13(12)15(16)19/h2-5,9-11,17H,6-8H2,1H3. The van der Waals surface area contributed by atoms with Gasteiger partial charge in [0.15, 0.2) is 0 Å². The van der Waals surface area contributed by atoms with Crippen LogP contribution in [0.4, 0.5) is 0 Å². The van der Waals surface area contributed by atoms with Gasteiger partial charge in [-0.2, -0.15) is 0 Å². The molecule has 3 unspecified atom stereocenters. The summed E-state index contributed by atoms with van der Waals surface area (Å²) in [5, 5.41) is 9.85. The van der Waals surface area contributed by atoms with Crippen molar-refractivity contribution in [3.05, 3.63) is 35.4 Å². The number of nitrogens with zero attached hydrogens (tertiary/aromatic N) is 1. The Morgan fingerprint density at radius 3 is 2.16 bits per heavy atom. The van der Waals surface area contributed by atoms with Crippen LogP contribution in [0.1, 0.15) is 46.9 Å². The molecule has 1 aliphatic heterocycles. The molecule has 4 nitrogen and oxygen atoms in total. The highest BCUT2D eigenvalue weighted by Gasteiger charge is 2.42. The topological polar surface area (TPSA) is 57.6 Å². The number of fused-ring (bicyclic) bond motifs is 1. The van der Waals surface area contributed by atoms with E-state index in [1.54, 1.807) is 24.3 Å². The predicted octanol–water partition coefficient (Wildman–Crippen LogP) is 1.83. The van der Waals surface area contributed by atoms with Gasteiger partial charge in [-0.1, -0.05) is 19.1 Å². The number of benzene rings is 1. The van der Waals surface area contributed by atoms with E-state index in [2.05, 4.69) is 0 Å². The summed E-state index contributed by atoms with van der Waals surface area (Å²) in [6.07, 6.45) is 1.61. The average Bonchev–Trinajstić information content (AvgIpc) is 2.61. The summed E-state index contributed by atoms with van der Waals surface area (Å²) in [5.41, 5.74) is 0.973. The van der Waals surface area contributed by atoms with Crippen molar-refractivity contribution in [2.24, 2.45) is 5.92 Å². The van der Waals surface area contributed by atoms with Gasteiger partial charge in [0, 0.05) is 6.04 Å². The van der Waals surface area contributed by atoms with E-state index in [0.717, 1.165) is 12.8 Å². The number of hydrogen-bond donors (Lipinski definition) is 1. The van der Waals surface area contributed by atoms with Gasteiger partial charge in [0.2, 0.25) is 0 Å². The molecule has 1 saturated carbocycles. The molecular formula is C15H17NO3. The molecule has 1 heterocycles. The second-order valence-electron chi connectivity index (χ2n) is 5.65. The third-order valence-electron chi connectivity index (χ3n) is 4.08. The summed E-state index contributed by atoms with van der Waals surface area (Å²) in [6, 6.07) is 6.75. The van der Waals surface area contributed by atoms with Gasteiger partial charge in [-0.15, -0.1) is 0 Å². The van der Waals surface area contributed by atoms with Gasteiger partial charge in [0.05, 0.1) is 17.2 Å². The van der Waals surface area contributed by atoms with Crippen molar-refractivity contribution < 1.29 is 14.7 Å². The van der Waals surface area contributed by atoms with Crippen LogP contribution in [-0.2, 0) is 0 Å². The van der Waals surface area contributed by atoms with Gasteiger partial charge in [-0.25, -0.2) is 0 Å². The van der Waals surface area contributed by atoms with Crippen molar-refractivity contribution >= 4 is 11.8 Å². The first-order chi connectivity index (χ1) is 9.08. The van der Waals surface area contributed by atoms with Crippen LogP contribution in [0.5, 0.6) is 0 Å². The fourth-order valence-corrected chi connectivity index (χ4v) is 3.28. The lowest BCUT2D eigenvalue weighted by Crippen LogP contribution is -2.45. The Labute approximate surface area is 112 Å². The van der Waals surface area contributed by atoms with E-state index in [4.69, 9.17) is 0 Å². The summed E-state index contributed by atoms with van der Waals surface area (Å²) in [7, 11) is 0. The first kappa shape index (κ1) is 12.4. The van der Waals surface area contributed by atoms with Crippen LogP contribution < -0.4 is 0 Å². The molecule has 0 radical (unpaired) electrons. The zero-order valence-corrected chi connectivity index (χ0v) is 10.9. The van der Waals surface area contributed by atoms with Gasteiger partial charge in [0.25, 0.3) is 11.8 Å². The summed E-state index contributed by atoms with van der Waals surface area (Å²) in [6.45, 7) is 2.05. The van der Waals surface area contributed by atoms with Crippen molar-refractivity contribution in [3.63, 3.8) is 0 Å². The fraction of sp³-hybridized carbons (Fsp3) is 0.467. The minimum Gasteiger partial charge on any atom is -0.393 e. The van der Waals surface area contributed by atoms with Gasteiger partial charge in [0.1, 0.15) is 0 Å². The minimum absolute atomic E-state index is 0.175. The van der Waals surface area contributed by atoms with Gasteiger partial charge in [-0.05, 0) is 37.3 Å². The number of hydrogen-bond acceptors (Lipinski definition) is 3. The number of carbonyl (C=O) groups is 2. The maximum Gasteiger partial charge on any atom is 0.261 e. The molecule has 3 rings (SSSR count). The quantitative estimate of drug-likeness (QED) is 0.783. The molecule has 1 N–H and O–H groups in total. The van der Waals surface area contributed by atoms with Crippen molar-refractivity contribution in [2.45, 2.75) is 38.3 Å². The van der Waals surface area contributed by atoms with Crippen molar-refractivity contribution in [3.8, 4) is 0 Å². The Bertz CT molecular complexity index is 495. The molecule has 2 aliphatic rings. The van der Waals surface area contributed by atoms with Gasteiger partial charge in [-0.3, -0.25) is 14.5 Å². The molecule has 0 bridgehead atoms. The van der Waals surface area contributed by atoms with Gasteiger partial charge < -0.3 is 5.11 Å². The number of rotatable bonds is 1. The van der Waals surface area contributed by atoms with E-state index >= 15 is 0 Å². The highest BCUT2D eigenvalue weighted by Crippen LogP contribution is 2.33. The van der Waals surface area contributed by atoms with Crippen LogP contribution in [0.3, 0.4) is 0 Å².